The van der Waals surface area contributed by atoms with Crippen LogP contribution in [-0.2, 0) is 0 Å². The van der Waals surface area contributed by atoms with Crippen molar-refractivity contribution >= 4 is 69.6 Å². The molecule has 18 rings (SSSR count). The van der Waals surface area contributed by atoms with Crippen molar-refractivity contribution in [2.45, 2.75) is 13.8 Å². The molecule has 0 unspecified atom stereocenters. The van der Waals surface area contributed by atoms with Crippen molar-refractivity contribution in [1.29, 1.82) is 0 Å². The fourth-order valence-corrected chi connectivity index (χ4v) is 12.0. The van der Waals surface area contributed by atoms with Crippen LogP contribution in [0.1, 0.15) is 79.5 Å². The lowest BCUT2D eigenvalue weighted by Crippen LogP contribution is -2.15. The first-order valence-electron chi connectivity index (χ1n) is 42.0. The van der Waals surface area contributed by atoms with E-state index in [0.717, 1.165) is 60.3 Å². The zero-order valence-electron chi connectivity index (χ0n) is 75.2. The molecule has 0 aliphatic carbocycles. The first-order valence-corrected chi connectivity index (χ1v) is 42.0. The fourth-order valence-electron chi connectivity index (χ4n) is 12.0. The Kier molecular flexibility index (Phi) is 36.0. The minimum atomic E-state index is -1.24. The van der Waals surface area contributed by atoms with E-state index in [1.807, 2.05) is 13.0 Å². The second kappa shape index (κ2) is 51.1. The lowest BCUT2D eigenvalue weighted by Gasteiger charge is -2.10. The van der Waals surface area contributed by atoms with Crippen molar-refractivity contribution in [3.05, 3.63) is 446 Å². The van der Waals surface area contributed by atoms with Crippen LogP contribution in [0.15, 0.2) is 337 Å². The Hall–Kier alpha value is -20.7. The van der Waals surface area contributed by atoms with Crippen LogP contribution >= 0.6 is 0 Å². The molecule has 0 radical (unpaired) electrons. The maximum absolute atomic E-state index is 13.9. The Balaban J connectivity index is 0.000000147. The van der Waals surface area contributed by atoms with Crippen LogP contribution < -0.4 is 60.3 Å². The van der Waals surface area contributed by atoms with Crippen molar-refractivity contribution in [3.63, 3.8) is 0 Å². The standard InChI is InChI=1S/C19H12FN3O2.C18H14FN3O2.C17H12F2N4O2.C16H9F3N4O2.C16H10F2N4O2.C16H11FN4O2/c1-2-13-4-3-5-14(6-13)19(24)23-16-7-15(20)8-17(9-16)25-18-10-21-12-22-11-18;1-12-3-2-4-13(5-12)18(23)22-15-6-14(19)7-16(8-15)24-17-9-20-11-21-10-17;1-10-3-2-4-14(22-10)17(24)23-11-5-13(18)16(19)15(6-11)25-12-7-20-9-21-8-12;17-9-1-2-22-13(3-9)16(24)23-10-4-12(18)15(19)14(5-10)25-11-6-20-8-21-7-11;17-10-4-11(22-16(23)15-14(18)2-1-3-21-15)6-12(5-10)24-13-7-19-9-20-8-13;17-11-5-12(21-16(22)15-3-1-2-4-20-15)7-13(6-11)23-14-8-18-10-19-9-14/h1,3-12H,(H,23,24);2-11H,1H3,(H,22,23);2-9H,1H3,(H,23,24);1-8H,(H,23,24);1-9H,(H,22,23);1-10H,(H,21,22). The van der Waals surface area contributed by atoms with Gasteiger partial charge in [-0.2, -0.15) is 8.78 Å². The van der Waals surface area contributed by atoms with Gasteiger partial charge in [0.05, 0.1) is 74.4 Å². The Morgan fingerprint density at radius 2 is 0.623 bits per heavy atom. The normalized spacial score (nSPS) is 10.2. The quantitative estimate of drug-likeness (QED) is 0.0242. The summed E-state index contributed by atoms with van der Waals surface area (Å²) >= 11 is 0. The van der Waals surface area contributed by atoms with Crippen LogP contribution in [0.5, 0.6) is 69.0 Å². The summed E-state index contributed by atoms with van der Waals surface area (Å²) in [5.74, 6) is -7.85. The molecule has 44 heteroatoms. The number of rotatable bonds is 24. The number of hydrogen-bond acceptors (Lipinski definition) is 28. The van der Waals surface area contributed by atoms with E-state index in [4.69, 9.17) is 34.8 Å². The van der Waals surface area contributed by atoms with Gasteiger partial charge >= 0.3 is 0 Å². The summed E-state index contributed by atoms with van der Waals surface area (Å²) in [5, 5.41) is 15.0. The average Bonchev–Trinajstić information content (AvgIpc) is 0.806. The van der Waals surface area contributed by atoms with Gasteiger partial charge in [-0.3, -0.25) is 38.7 Å². The van der Waals surface area contributed by atoms with Gasteiger partial charge in [-0.25, -0.2) is 105 Å². The lowest BCUT2D eigenvalue weighted by atomic mass is 10.1. The summed E-state index contributed by atoms with van der Waals surface area (Å²) in [4.78, 5) is 133. The molecule has 146 heavy (non-hydrogen) atoms. The third kappa shape index (κ3) is 31.9. The van der Waals surface area contributed by atoms with Gasteiger partial charge in [0.25, 0.3) is 35.4 Å². The molecule has 0 fully saturated rings. The Morgan fingerprint density at radius 1 is 0.274 bits per heavy atom. The van der Waals surface area contributed by atoms with Crippen LogP contribution in [0.25, 0.3) is 0 Å². The lowest BCUT2D eigenvalue weighted by molar-refractivity contribution is 0.101. The molecule has 0 spiro atoms. The van der Waals surface area contributed by atoms with Gasteiger partial charge in [0, 0.05) is 154 Å². The van der Waals surface area contributed by atoms with Gasteiger partial charge in [0.2, 0.25) is 11.6 Å². The number of aromatic nitrogens is 16. The number of halogens is 10. The van der Waals surface area contributed by atoms with Gasteiger partial charge in [0.15, 0.2) is 69.1 Å². The number of hydrogen-bond donors (Lipinski definition) is 6. The monoisotopic (exact) mass is 1980 g/mol. The zero-order chi connectivity index (χ0) is 103. The van der Waals surface area contributed by atoms with E-state index in [1.54, 1.807) is 79.7 Å². The zero-order valence-corrected chi connectivity index (χ0v) is 75.2. The molecule has 10 heterocycles. The molecule has 8 aromatic carbocycles. The van der Waals surface area contributed by atoms with E-state index in [-0.39, 0.29) is 91.6 Å². The molecule has 6 N–H and O–H groups in total. The number of pyridine rings is 4. The number of carbonyl (C=O) groups is 6. The predicted octanol–water partition coefficient (Wildman–Crippen LogP) is 20.7. The number of amides is 6. The van der Waals surface area contributed by atoms with Gasteiger partial charge in [0.1, 0.15) is 107 Å². The van der Waals surface area contributed by atoms with E-state index in [9.17, 15) is 72.7 Å². The molecule has 18 aromatic rings. The molecule has 6 amide bonds. The van der Waals surface area contributed by atoms with Gasteiger partial charge in [-0.1, -0.05) is 41.8 Å². The Morgan fingerprint density at radius 3 is 1.01 bits per heavy atom. The summed E-state index contributed by atoms with van der Waals surface area (Å²) in [6, 6.07) is 47.3. The highest BCUT2D eigenvalue weighted by molar-refractivity contribution is 6.07. The summed E-state index contributed by atoms with van der Waals surface area (Å²) < 4.78 is 169. The minimum Gasteiger partial charge on any atom is -0.454 e. The first-order chi connectivity index (χ1) is 70.6. The van der Waals surface area contributed by atoms with Crippen LogP contribution in [0, 0.1) is 84.4 Å². The molecule has 0 bridgehead atoms. The Bertz CT molecular complexity index is 7520. The third-order valence-corrected chi connectivity index (χ3v) is 18.2. The summed E-state index contributed by atoms with van der Waals surface area (Å²) in [5.41, 5.74) is 3.70. The van der Waals surface area contributed by atoms with Crippen molar-refractivity contribution < 1.29 is 101 Å². The first kappa shape index (κ1) is 103. The molecule has 728 valence electrons. The summed E-state index contributed by atoms with van der Waals surface area (Å²) in [6.45, 7) is 3.63. The number of anilines is 6. The Labute approximate surface area is 819 Å². The summed E-state index contributed by atoms with van der Waals surface area (Å²) in [7, 11) is 0. The van der Waals surface area contributed by atoms with Crippen molar-refractivity contribution in [2.75, 3.05) is 31.9 Å². The average molecular weight is 1980 g/mol. The number of nitrogens with zero attached hydrogens (tertiary/aromatic N) is 16. The maximum atomic E-state index is 13.9. The van der Waals surface area contributed by atoms with E-state index < -0.39 is 99.2 Å². The highest BCUT2D eigenvalue weighted by Gasteiger charge is 2.22. The SMILES string of the molecule is C#Cc1cccc(C(=O)Nc2cc(F)cc(Oc3cncnc3)c2)c1.Cc1cccc(C(=O)Nc2cc(F)c(F)c(Oc3cncnc3)c2)n1.Cc1cccc(C(=O)Nc2cc(F)cc(Oc3cncnc3)c2)c1.O=C(Nc1cc(F)c(F)c(Oc2cncnc2)c1)c1cc(F)ccn1.O=C(Nc1cc(F)cc(Oc2cncnc2)c1)c1ccccn1.O=C(Nc1cc(F)cc(Oc2cncnc2)c1)c1ncccc1F. The molecular formula is C102H68F10N22O12. The molecule has 0 aliphatic rings. The summed E-state index contributed by atoms with van der Waals surface area (Å²) in [6.07, 6.45) is 33.8. The van der Waals surface area contributed by atoms with Crippen LogP contribution in [0.2, 0.25) is 0 Å². The van der Waals surface area contributed by atoms with E-state index in [1.165, 1.54) is 204 Å². The van der Waals surface area contributed by atoms with Crippen molar-refractivity contribution in [1.82, 2.24) is 79.7 Å². The van der Waals surface area contributed by atoms with Crippen molar-refractivity contribution in [2.24, 2.45) is 0 Å². The van der Waals surface area contributed by atoms with Crippen LogP contribution in [0.4, 0.5) is 78.0 Å². The highest BCUT2D eigenvalue weighted by atomic mass is 19.2. The van der Waals surface area contributed by atoms with E-state index in [0.29, 0.717) is 51.1 Å². The number of ether oxygens (including phenoxy) is 6. The highest BCUT2D eigenvalue weighted by Crippen LogP contribution is 2.35. The topological polar surface area (TPSA) is 436 Å². The molecule has 0 saturated heterocycles. The van der Waals surface area contributed by atoms with Gasteiger partial charge in [-0.05, 0) is 111 Å². The predicted molar refractivity (Wildman–Crippen MR) is 506 cm³/mol. The number of terminal acetylenes is 1. The van der Waals surface area contributed by atoms with Gasteiger partial charge in [-0.15, -0.1) is 6.42 Å². The maximum Gasteiger partial charge on any atom is 0.277 e. The number of carbonyl (C=O) groups excluding carboxylic acids is 6. The molecule has 0 saturated carbocycles. The van der Waals surface area contributed by atoms with Crippen LogP contribution in [-0.4, -0.2) is 115 Å². The third-order valence-electron chi connectivity index (χ3n) is 18.2. The van der Waals surface area contributed by atoms with E-state index >= 15 is 0 Å². The molecular weight excluding hydrogens is 1920 g/mol. The molecule has 0 aliphatic heterocycles. The largest absolute Gasteiger partial charge is 0.454 e. The molecule has 10 aromatic heterocycles. The number of aryl methyl sites for hydroxylation is 2. The smallest absolute Gasteiger partial charge is 0.277 e. The van der Waals surface area contributed by atoms with Crippen LogP contribution in [0.3, 0.4) is 0 Å². The minimum absolute atomic E-state index is 0.0269. The number of nitrogens with one attached hydrogen (secondary N) is 6. The van der Waals surface area contributed by atoms with Crippen molar-refractivity contribution in [3.8, 4) is 81.3 Å². The van der Waals surface area contributed by atoms with Gasteiger partial charge < -0.3 is 60.3 Å². The second-order valence-corrected chi connectivity index (χ2v) is 29.2. The molecule has 34 nitrogen and oxygen atoms in total. The number of benzene rings is 8. The van der Waals surface area contributed by atoms with E-state index in [2.05, 4.69) is 118 Å². The molecule has 0 atom stereocenters. The second-order valence-electron chi connectivity index (χ2n) is 29.2. The fraction of sp³-hybridized carbons (Fsp3) is 0.0196.